The predicted molar refractivity (Wildman–Crippen MR) is 75.5 cm³/mol. The van der Waals surface area contributed by atoms with Gasteiger partial charge in [-0.2, -0.15) is 0 Å². The van der Waals surface area contributed by atoms with Crippen LogP contribution in [0.4, 0.5) is 0 Å². The molecule has 0 bridgehead atoms. The molecule has 20 heavy (non-hydrogen) atoms. The zero-order valence-corrected chi connectivity index (χ0v) is 11.7. The fourth-order valence-corrected chi connectivity index (χ4v) is 2.14. The van der Waals surface area contributed by atoms with E-state index in [-0.39, 0.29) is 6.61 Å². The molecule has 0 saturated carbocycles. The summed E-state index contributed by atoms with van der Waals surface area (Å²) in [6.07, 6.45) is 1.08. The lowest BCUT2D eigenvalue weighted by Gasteiger charge is -2.10. The second-order valence-electron chi connectivity index (χ2n) is 4.74. The smallest absolute Gasteiger partial charge is 0.134 e. The van der Waals surface area contributed by atoms with E-state index in [2.05, 4.69) is 11.8 Å². The van der Waals surface area contributed by atoms with Crippen molar-refractivity contribution >= 4 is 0 Å². The average Bonchev–Trinajstić information content (AvgIpc) is 2.98. The van der Waals surface area contributed by atoms with Gasteiger partial charge in [-0.1, -0.05) is 17.9 Å². The zero-order valence-electron chi connectivity index (χ0n) is 11.7. The number of ether oxygens (including phenoxy) is 3. The Morgan fingerprint density at radius 3 is 3.05 bits per heavy atom. The van der Waals surface area contributed by atoms with Gasteiger partial charge in [0, 0.05) is 12.5 Å². The molecule has 1 aliphatic heterocycles. The van der Waals surface area contributed by atoms with Gasteiger partial charge in [0.2, 0.25) is 0 Å². The fourth-order valence-electron chi connectivity index (χ4n) is 2.14. The van der Waals surface area contributed by atoms with Crippen LogP contribution in [-0.4, -0.2) is 38.6 Å². The lowest BCUT2D eigenvalue weighted by Crippen LogP contribution is -2.09. The third-order valence-corrected chi connectivity index (χ3v) is 3.21. The van der Waals surface area contributed by atoms with Crippen LogP contribution in [0.15, 0.2) is 18.2 Å². The molecule has 2 rings (SSSR count). The van der Waals surface area contributed by atoms with Gasteiger partial charge in [-0.15, -0.1) is 0 Å². The Kier molecular flexibility index (Phi) is 5.87. The molecule has 1 heterocycles. The lowest BCUT2D eigenvalue weighted by atomic mass is 10.1. The van der Waals surface area contributed by atoms with E-state index < -0.39 is 0 Å². The predicted octanol–water partition coefficient (Wildman–Crippen LogP) is 1.59. The average molecular weight is 276 g/mol. The van der Waals surface area contributed by atoms with Crippen molar-refractivity contribution in [3.63, 3.8) is 0 Å². The fraction of sp³-hybridized carbons (Fsp3) is 0.500. The maximum Gasteiger partial charge on any atom is 0.134 e. The highest BCUT2D eigenvalue weighted by molar-refractivity contribution is 5.48. The van der Waals surface area contributed by atoms with Crippen LogP contribution in [0.25, 0.3) is 0 Å². The maximum absolute atomic E-state index is 8.77. The van der Waals surface area contributed by atoms with Gasteiger partial charge in [-0.3, -0.25) is 0 Å². The third kappa shape index (κ3) is 4.24. The van der Waals surface area contributed by atoms with E-state index in [1.807, 2.05) is 18.2 Å². The maximum atomic E-state index is 8.77. The number of benzene rings is 1. The van der Waals surface area contributed by atoms with Crippen LogP contribution in [0.3, 0.4) is 0 Å². The first-order valence-corrected chi connectivity index (χ1v) is 6.75. The van der Waals surface area contributed by atoms with E-state index >= 15 is 0 Å². The van der Waals surface area contributed by atoms with Gasteiger partial charge >= 0.3 is 0 Å². The highest BCUT2D eigenvalue weighted by Crippen LogP contribution is 2.20. The summed E-state index contributed by atoms with van der Waals surface area (Å²) in [7, 11) is 1.61. The summed E-state index contributed by atoms with van der Waals surface area (Å²) < 4.78 is 16.3. The van der Waals surface area contributed by atoms with Crippen LogP contribution in [0.5, 0.6) is 5.75 Å². The Labute approximate surface area is 119 Å². The Bertz CT molecular complexity index is 481. The minimum atomic E-state index is -0.161. The molecule has 1 aromatic rings. The molecule has 1 saturated heterocycles. The Morgan fingerprint density at radius 1 is 1.45 bits per heavy atom. The molecule has 0 radical (unpaired) electrons. The van der Waals surface area contributed by atoms with Gasteiger partial charge in [-0.05, 0) is 24.1 Å². The van der Waals surface area contributed by atoms with Crippen LogP contribution in [0.2, 0.25) is 0 Å². The van der Waals surface area contributed by atoms with Gasteiger partial charge in [0.1, 0.15) is 12.4 Å². The van der Waals surface area contributed by atoms with Crippen molar-refractivity contribution in [2.75, 3.05) is 33.5 Å². The summed E-state index contributed by atoms with van der Waals surface area (Å²) in [4.78, 5) is 0. The second kappa shape index (κ2) is 7.91. The highest BCUT2D eigenvalue weighted by Gasteiger charge is 2.15. The summed E-state index contributed by atoms with van der Waals surface area (Å²) in [5, 5.41) is 8.77. The molecule has 0 amide bonds. The van der Waals surface area contributed by atoms with Crippen LogP contribution in [-0.2, 0) is 16.1 Å². The van der Waals surface area contributed by atoms with E-state index in [0.717, 1.165) is 37.4 Å². The van der Waals surface area contributed by atoms with Crippen molar-refractivity contribution in [2.45, 2.75) is 13.0 Å². The Hall–Kier alpha value is -1.54. The van der Waals surface area contributed by atoms with Crippen molar-refractivity contribution in [1.29, 1.82) is 0 Å². The molecule has 108 valence electrons. The van der Waals surface area contributed by atoms with Crippen LogP contribution in [0.1, 0.15) is 17.5 Å². The Balaban J connectivity index is 1.93. The lowest BCUT2D eigenvalue weighted by molar-refractivity contribution is 0.0791. The molecule has 0 spiro atoms. The molecule has 0 aliphatic carbocycles. The van der Waals surface area contributed by atoms with E-state index in [1.54, 1.807) is 7.11 Å². The van der Waals surface area contributed by atoms with E-state index in [4.69, 9.17) is 19.3 Å². The summed E-state index contributed by atoms with van der Waals surface area (Å²) >= 11 is 0. The molecule has 1 N–H and O–H groups in total. The van der Waals surface area contributed by atoms with Gasteiger partial charge < -0.3 is 19.3 Å². The third-order valence-electron chi connectivity index (χ3n) is 3.21. The van der Waals surface area contributed by atoms with Crippen LogP contribution < -0.4 is 4.74 Å². The van der Waals surface area contributed by atoms with Crippen LogP contribution in [0, 0.1) is 17.8 Å². The van der Waals surface area contributed by atoms with Gasteiger partial charge in [0.15, 0.2) is 0 Å². The van der Waals surface area contributed by atoms with Gasteiger partial charge in [0.25, 0.3) is 0 Å². The van der Waals surface area contributed by atoms with Crippen molar-refractivity contribution < 1.29 is 19.3 Å². The van der Waals surface area contributed by atoms with Gasteiger partial charge in [0.05, 0.1) is 32.5 Å². The number of rotatable bonds is 5. The van der Waals surface area contributed by atoms with Gasteiger partial charge in [-0.25, -0.2) is 0 Å². The molecule has 1 aliphatic rings. The molecule has 1 unspecified atom stereocenters. The standard InChI is InChI=1S/C16H20O4/c1-18-16-5-4-13(9-15(16)3-2-7-17)10-20-12-14-6-8-19-11-14/h4-5,9,14,17H,6-8,10-12H2,1H3. The molecule has 0 aromatic heterocycles. The molecule has 1 aromatic carbocycles. The molecule has 1 fully saturated rings. The molecule has 1 atom stereocenters. The van der Waals surface area contributed by atoms with E-state index in [1.165, 1.54) is 0 Å². The first-order valence-electron chi connectivity index (χ1n) is 6.75. The summed E-state index contributed by atoms with van der Waals surface area (Å²) in [6.45, 7) is 2.76. The molecule has 4 nitrogen and oxygen atoms in total. The summed E-state index contributed by atoms with van der Waals surface area (Å²) in [5.74, 6) is 6.74. The molecular weight excluding hydrogens is 256 g/mol. The normalized spacial score (nSPS) is 17.6. The highest BCUT2D eigenvalue weighted by atomic mass is 16.5. The molecule has 4 heteroatoms. The minimum Gasteiger partial charge on any atom is -0.495 e. The minimum absolute atomic E-state index is 0.161. The zero-order chi connectivity index (χ0) is 14.2. The van der Waals surface area contributed by atoms with Crippen molar-refractivity contribution in [1.82, 2.24) is 0 Å². The van der Waals surface area contributed by atoms with Crippen LogP contribution >= 0.6 is 0 Å². The second-order valence-corrected chi connectivity index (χ2v) is 4.74. The first-order chi connectivity index (χ1) is 9.83. The SMILES string of the molecule is COc1ccc(COCC2CCOC2)cc1C#CCO. The summed E-state index contributed by atoms with van der Waals surface area (Å²) in [6, 6.07) is 5.78. The first kappa shape index (κ1) is 14.9. The molecular formula is C16H20O4. The van der Waals surface area contributed by atoms with E-state index in [9.17, 15) is 0 Å². The topological polar surface area (TPSA) is 47.9 Å². The van der Waals surface area contributed by atoms with Crippen molar-refractivity contribution in [3.05, 3.63) is 29.3 Å². The van der Waals surface area contributed by atoms with Crippen molar-refractivity contribution in [3.8, 4) is 17.6 Å². The Morgan fingerprint density at radius 2 is 2.35 bits per heavy atom. The number of hydrogen-bond acceptors (Lipinski definition) is 4. The number of hydrogen-bond donors (Lipinski definition) is 1. The quantitative estimate of drug-likeness (QED) is 0.830. The number of aliphatic hydroxyl groups is 1. The van der Waals surface area contributed by atoms with Crippen molar-refractivity contribution in [2.24, 2.45) is 5.92 Å². The number of aliphatic hydroxyl groups excluding tert-OH is 1. The largest absolute Gasteiger partial charge is 0.495 e. The van der Waals surface area contributed by atoms with E-state index in [0.29, 0.717) is 18.3 Å². The monoisotopic (exact) mass is 276 g/mol. The number of methoxy groups -OCH3 is 1. The summed E-state index contributed by atoms with van der Waals surface area (Å²) in [5.41, 5.74) is 1.82.